The number of anilines is 2. The SMILES string of the molecule is CO[C@@H]1CN(C)C[C@H]1O.CO[C@@H]1CN(C)C[C@H]1Oc1nc(N2CCCCC2)c2cc(Cl)nc(Oc3c(Cl)c(Cl)cc4c3cnn4C3CCCCO3)c2n1.CS(=O)(=O)c1nc(N2CCCCC2)c2cc(Cl)nc(Oc3c(Cl)c(Cl)cc4c3cnn4C3CCCCO3)c2n1. The van der Waals surface area contributed by atoms with Crippen LogP contribution in [0.3, 0.4) is 0 Å². The van der Waals surface area contributed by atoms with Gasteiger partial charge in [0.25, 0.3) is 0 Å². The Hall–Kier alpha value is -5.23. The highest BCUT2D eigenvalue weighted by Crippen LogP contribution is 2.47. The van der Waals surface area contributed by atoms with Crippen molar-refractivity contribution in [3.63, 3.8) is 0 Å². The molecule has 24 nitrogen and oxygen atoms in total. The molecule has 0 bridgehead atoms. The Morgan fingerprint density at radius 3 is 1.46 bits per heavy atom. The average Bonchev–Trinajstić information content (AvgIpc) is 1.10. The third-order valence-corrected chi connectivity index (χ3v) is 20.0. The molecule has 92 heavy (non-hydrogen) atoms. The van der Waals surface area contributed by atoms with Gasteiger partial charge in [0.1, 0.15) is 55.2 Å². The Balaban J connectivity index is 0.000000157. The lowest BCUT2D eigenvalue weighted by Gasteiger charge is -2.29. The van der Waals surface area contributed by atoms with E-state index in [0.29, 0.717) is 68.9 Å². The molecule has 12 heterocycles. The van der Waals surface area contributed by atoms with Crippen LogP contribution in [0.1, 0.15) is 89.5 Å². The van der Waals surface area contributed by atoms with Crippen LogP contribution in [0.5, 0.6) is 29.3 Å². The third-order valence-electron chi connectivity index (χ3n) is 17.2. The number of rotatable bonds is 13. The largest absolute Gasteiger partial charge is 0.456 e. The predicted octanol–water partition coefficient (Wildman–Crippen LogP) is 12.1. The molecule has 6 fully saturated rings. The molecule has 494 valence electrons. The Morgan fingerprint density at radius 2 is 1.01 bits per heavy atom. The summed E-state index contributed by atoms with van der Waals surface area (Å²) < 4.78 is 70.6. The van der Waals surface area contributed by atoms with Crippen molar-refractivity contribution in [2.75, 3.05) is 110 Å². The Morgan fingerprint density at radius 1 is 0.543 bits per heavy atom. The number of ether oxygens (including phenoxy) is 7. The number of methoxy groups -OCH3 is 2. The van der Waals surface area contributed by atoms with Crippen molar-refractivity contribution in [3.05, 3.63) is 67.1 Å². The number of β-amino-alcohol motifs (C(OH)–C–C–N with tert-alkyl or cyclic N) is 1. The molecule has 0 saturated carbocycles. The quantitative estimate of drug-likeness (QED) is 0.0832. The maximum atomic E-state index is 12.6. The maximum Gasteiger partial charge on any atom is 0.319 e. The zero-order valence-corrected chi connectivity index (χ0v) is 56.9. The van der Waals surface area contributed by atoms with Gasteiger partial charge < -0.3 is 53.0 Å². The zero-order valence-electron chi connectivity index (χ0n) is 51.5. The van der Waals surface area contributed by atoms with Crippen LogP contribution in [0.15, 0.2) is 41.8 Å². The van der Waals surface area contributed by atoms with E-state index in [9.17, 15) is 13.5 Å². The van der Waals surface area contributed by atoms with Gasteiger partial charge in [0.2, 0.25) is 26.8 Å². The number of aliphatic hydroxyl groups excluding tert-OH is 1. The Labute approximate surface area is 562 Å². The number of aliphatic hydroxyl groups is 1. The van der Waals surface area contributed by atoms with Gasteiger partial charge in [-0.15, -0.1) is 0 Å². The van der Waals surface area contributed by atoms with E-state index in [-0.39, 0.29) is 96.4 Å². The molecule has 6 aromatic heterocycles. The molecule has 14 rings (SSSR count). The van der Waals surface area contributed by atoms with Crippen molar-refractivity contribution in [3.8, 4) is 29.3 Å². The summed E-state index contributed by atoms with van der Waals surface area (Å²) >= 11 is 39.7. The minimum atomic E-state index is -3.75. The second-order valence-corrected chi connectivity index (χ2v) is 28.2. The number of hydrogen-bond donors (Lipinski definition) is 1. The van der Waals surface area contributed by atoms with Crippen molar-refractivity contribution < 1.29 is 46.7 Å². The van der Waals surface area contributed by atoms with Crippen molar-refractivity contribution in [2.45, 2.75) is 119 Å². The van der Waals surface area contributed by atoms with Gasteiger partial charge in [0.05, 0.1) is 67.2 Å². The zero-order chi connectivity index (χ0) is 64.5. The van der Waals surface area contributed by atoms with E-state index in [1.165, 1.54) is 6.42 Å². The first kappa shape index (κ1) is 66.8. The number of benzene rings is 2. The monoisotopic (exact) mass is 1400 g/mol. The third kappa shape index (κ3) is 14.5. The highest BCUT2D eigenvalue weighted by molar-refractivity contribution is 7.90. The van der Waals surface area contributed by atoms with Crippen LogP contribution in [0.4, 0.5) is 11.6 Å². The molecule has 0 aliphatic carbocycles. The van der Waals surface area contributed by atoms with Gasteiger partial charge in [0, 0.05) is 86.0 Å². The van der Waals surface area contributed by atoms with E-state index in [1.54, 1.807) is 55.6 Å². The maximum absolute atomic E-state index is 12.6. The Kier molecular flexibility index (Phi) is 21.1. The Bertz CT molecular complexity index is 4100. The number of sulfone groups is 1. The fourth-order valence-electron chi connectivity index (χ4n) is 12.6. The molecule has 6 aliphatic heterocycles. The summed E-state index contributed by atoms with van der Waals surface area (Å²) in [5.41, 5.74) is 2.07. The lowest BCUT2D eigenvalue weighted by molar-refractivity contribution is -0.0367. The van der Waals surface area contributed by atoms with Crippen LogP contribution >= 0.6 is 69.6 Å². The van der Waals surface area contributed by atoms with Crippen molar-refractivity contribution in [1.82, 2.24) is 59.3 Å². The van der Waals surface area contributed by atoms with E-state index < -0.39 is 9.84 Å². The average molecular weight is 1410 g/mol. The minimum Gasteiger partial charge on any atom is -0.456 e. The smallest absolute Gasteiger partial charge is 0.319 e. The summed E-state index contributed by atoms with van der Waals surface area (Å²) in [6.45, 7) is 7.53. The first-order valence-electron chi connectivity index (χ1n) is 30.9. The fraction of sp³-hybridized carbons (Fsp3) is 0.541. The molecule has 0 amide bonds. The molecular formula is C61H72Cl6N14O10S. The molecule has 2 aromatic carbocycles. The summed E-state index contributed by atoms with van der Waals surface area (Å²) in [4.78, 5) is 36.0. The summed E-state index contributed by atoms with van der Waals surface area (Å²) in [6, 6.07) is 7.12. The summed E-state index contributed by atoms with van der Waals surface area (Å²) in [5.74, 6) is 1.86. The van der Waals surface area contributed by atoms with E-state index in [0.717, 1.165) is 134 Å². The van der Waals surface area contributed by atoms with E-state index in [2.05, 4.69) is 44.8 Å². The lowest BCUT2D eigenvalue weighted by Crippen LogP contribution is -2.33. The summed E-state index contributed by atoms with van der Waals surface area (Å²) in [6.07, 6.45) is 15.5. The molecule has 6 atom stereocenters. The first-order valence-corrected chi connectivity index (χ1v) is 35.0. The number of halogens is 6. The van der Waals surface area contributed by atoms with Gasteiger partial charge in [-0.1, -0.05) is 69.6 Å². The highest BCUT2D eigenvalue weighted by Gasteiger charge is 2.35. The normalized spacial score (nSPS) is 22.7. The molecular weight excluding hydrogens is 1330 g/mol. The van der Waals surface area contributed by atoms with Crippen molar-refractivity contribution in [1.29, 1.82) is 0 Å². The van der Waals surface area contributed by atoms with Gasteiger partial charge in [0.15, 0.2) is 24.0 Å². The molecule has 0 spiro atoms. The molecule has 8 aromatic rings. The highest BCUT2D eigenvalue weighted by atomic mass is 35.5. The number of likely N-dealkylation sites (tertiary alicyclic amines) is 2. The second kappa shape index (κ2) is 29.0. The molecule has 31 heteroatoms. The van der Waals surface area contributed by atoms with Crippen LogP contribution in [-0.4, -0.2) is 197 Å². The molecule has 6 saturated heterocycles. The topological polar surface area (TPSA) is 245 Å². The van der Waals surface area contributed by atoms with Gasteiger partial charge in [-0.2, -0.15) is 30.1 Å². The van der Waals surface area contributed by atoms with Crippen molar-refractivity contribution in [2.24, 2.45) is 0 Å². The summed E-state index contributed by atoms with van der Waals surface area (Å²) in [5, 5.41) is 21.9. The number of fused-ring (bicyclic) bond motifs is 4. The second-order valence-electron chi connectivity index (χ2n) is 23.9. The van der Waals surface area contributed by atoms with Crippen LogP contribution in [-0.2, 0) is 28.8 Å². The van der Waals surface area contributed by atoms with Crippen LogP contribution < -0.4 is 24.0 Å². The lowest BCUT2D eigenvalue weighted by atomic mass is 10.1. The van der Waals surface area contributed by atoms with Gasteiger partial charge in [-0.25, -0.2) is 27.7 Å². The van der Waals surface area contributed by atoms with Crippen LogP contribution in [0.25, 0.3) is 43.6 Å². The number of pyridine rings is 2. The molecule has 2 unspecified atom stereocenters. The van der Waals surface area contributed by atoms with Crippen LogP contribution in [0, 0.1) is 0 Å². The van der Waals surface area contributed by atoms with E-state index >= 15 is 0 Å². The molecule has 6 aliphatic rings. The first-order chi connectivity index (χ1) is 44.3. The number of likely N-dealkylation sites (N-methyl/N-ethyl adjacent to an activating group) is 2. The fourth-order valence-corrected chi connectivity index (χ4v) is 14.2. The summed E-state index contributed by atoms with van der Waals surface area (Å²) in [7, 11) is 3.58. The number of piperidine rings is 2. The molecule has 1 N–H and O–H groups in total. The standard InChI is InChI=1S/C30H34Cl3N7O4.C25H25Cl3N6O4S.C6H13NO2/c1-38-15-21(41-2)22(16-38)43-30-36-26-17(28(37-30)39-9-5-3-6-10-39)12-23(32)35-29(26)44-27-18-14-34-40(24-8-4-7-11-42-24)20(18)13-19(31)25(27)33;1-39(35,36)25-31-21-14(23(32-25)33-8-4-2-5-9-33)11-18(27)30-24(21)38-22-15-13-29-34(19-7-3-6-10-37-19)17(15)12-16(26)20(22)28;1-7-3-5(8)6(4-7)9-2/h12-14,21-22,24H,3-11,15-16H2,1-2H3;11-13,19H,2-10H2,1H3;5-6,8H,3-4H2,1-2H3/t21-,22-,24?;;5-,6-/m1.1/s1. The molecule has 0 radical (unpaired) electrons. The number of nitrogens with zero attached hydrogens (tertiary/aromatic N) is 14. The number of aromatic nitrogens is 10. The van der Waals surface area contributed by atoms with Gasteiger partial charge >= 0.3 is 6.01 Å². The van der Waals surface area contributed by atoms with Gasteiger partial charge in [-0.05, 0) is 115 Å². The number of hydrogen-bond acceptors (Lipinski definition) is 22. The predicted molar refractivity (Wildman–Crippen MR) is 354 cm³/mol. The van der Waals surface area contributed by atoms with E-state index in [4.69, 9.17) is 113 Å². The van der Waals surface area contributed by atoms with Crippen LogP contribution in [0.2, 0.25) is 30.4 Å². The van der Waals surface area contributed by atoms with Crippen molar-refractivity contribution >= 4 is 135 Å². The van der Waals surface area contributed by atoms with Gasteiger partial charge in [-0.3, -0.25) is 4.90 Å². The minimum absolute atomic E-state index is 0.0183. The van der Waals surface area contributed by atoms with E-state index in [1.807, 2.05) is 23.7 Å².